The van der Waals surface area contributed by atoms with E-state index < -0.39 is 0 Å². The molecule has 18 heavy (non-hydrogen) atoms. The van der Waals surface area contributed by atoms with Crippen molar-refractivity contribution in [2.24, 2.45) is 0 Å². The molecule has 1 saturated carbocycles. The maximum Gasteiger partial charge on any atom is 0.257 e. The first-order chi connectivity index (χ1) is 8.75. The molecule has 5 heteroatoms. The summed E-state index contributed by atoms with van der Waals surface area (Å²) in [4.78, 5) is 14.5. The van der Waals surface area contributed by atoms with Crippen molar-refractivity contribution in [3.63, 3.8) is 0 Å². The van der Waals surface area contributed by atoms with Crippen molar-refractivity contribution in [2.75, 3.05) is 0 Å². The van der Waals surface area contributed by atoms with Crippen LogP contribution in [0.3, 0.4) is 0 Å². The standard InChI is InChI=1S/C13H15N3OS/c1-9-12(6-14-15-9)13(17)16(11-2-3-11)7-10-4-5-18-8-10/h4-6,8,11H,2-3,7H2,1H3,(H,14,15). The van der Waals surface area contributed by atoms with Gasteiger partial charge in [0, 0.05) is 18.3 Å². The maximum atomic E-state index is 12.5. The number of aromatic amines is 1. The fraction of sp³-hybridized carbons (Fsp3) is 0.385. The van der Waals surface area contributed by atoms with E-state index in [1.807, 2.05) is 17.2 Å². The molecule has 0 radical (unpaired) electrons. The summed E-state index contributed by atoms with van der Waals surface area (Å²) in [5, 5.41) is 10.9. The molecule has 2 heterocycles. The minimum atomic E-state index is 0.0925. The molecule has 3 rings (SSSR count). The van der Waals surface area contributed by atoms with Crippen molar-refractivity contribution in [1.82, 2.24) is 15.1 Å². The highest BCUT2D eigenvalue weighted by Gasteiger charge is 2.33. The lowest BCUT2D eigenvalue weighted by atomic mass is 10.2. The average Bonchev–Trinajstić information content (AvgIpc) is 2.89. The smallest absolute Gasteiger partial charge is 0.257 e. The number of nitrogens with one attached hydrogen (secondary N) is 1. The van der Waals surface area contributed by atoms with Crippen LogP contribution in [0.25, 0.3) is 0 Å². The number of aryl methyl sites for hydroxylation is 1. The Labute approximate surface area is 110 Å². The molecular weight excluding hydrogens is 246 g/mol. The SMILES string of the molecule is Cc1[nH]ncc1C(=O)N(Cc1ccsc1)C1CC1. The van der Waals surface area contributed by atoms with Crippen molar-refractivity contribution in [3.8, 4) is 0 Å². The zero-order chi connectivity index (χ0) is 12.5. The number of amides is 1. The summed E-state index contributed by atoms with van der Waals surface area (Å²) in [6.07, 6.45) is 3.86. The van der Waals surface area contributed by atoms with E-state index in [4.69, 9.17) is 0 Å². The number of hydrogen-bond acceptors (Lipinski definition) is 3. The summed E-state index contributed by atoms with van der Waals surface area (Å²) in [6.45, 7) is 2.59. The zero-order valence-electron chi connectivity index (χ0n) is 10.2. The van der Waals surface area contributed by atoms with Gasteiger partial charge in [-0.25, -0.2) is 0 Å². The summed E-state index contributed by atoms with van der Waals surface area (Å²) < 4.78 is 0. The second-order valence-corrected chi connectivity index (χ2v) is 5.48. The number of carbonyl (C=O) groups excluding carboxylic acids is 1. The highest BCUT2D eigenvalue weighted by atomic mass is 32.1. The van der Waals surface area contributed by atoms with Gasteiger partial charge in [-0.3, -0.25) is 9.89 Å². The fourth-order valence-corrected chi connectivity index (χ4v) is 2.71. The fourth-order valence-electron chi connectivity index (χ4n) is 2.05. The van der Waals surface area contributed by atoms with Crippen LogP contribution in [0.4, 0.5) is 0 Å². The highest BCUT2D eigenvalue weighted by molar-refractivity contribution is 7.07. The van der Waals surface area contributed by atoms with Crippen molar-refractivity contribution in [1.29, 1.82) is 0 Å². The Morgan fingerprint density at radius 2 is 2.44 bits per heavy atom. The summed E-state index contributed by atoms with van der Waals surface area (Å²) in [5.41, 5.74) is 2.74. The molecular formula is C13H15N3OS. The van der Waals surface area contributed by atoms with E-state index in [1.165, 1.54) is 5.56 Å². The van der Waals surface area contributed by atoms with Crippen LogP contribution < -0.4 is 0 Å². The Morgan fingerprint density at radius 3 is 3.00 bits per heavy atom. The largest absolute Gasteiger partial charge is 0.331 e. The Morgan fingerprint density at radius 1 is 1.61 bits per heavy atom. The lowest BCUT2D eigenvalue weighted by Crippen LogP contribution is -2.32. The van der Waals surface area contributed by atoms with Crippen LogP contribution in [0.5, 0.6) is 0 Å². The van der Waals surface area contributed by atoms with E-state index in [0.717, 1.165) is 18.5 Å². The van der Waals surface area contributed by atoms with Gasteiger partial charge in [-0.2, -0.15) is 16.4 Å². The van der Waals surface area contributed by atoms with Crippen molar-refractivity contribution in [3.05, 3.63) is 39.8 Å². The quantitative estimate of drug-likeness (QED) is 0.919. The van der Waals surface area contributed by atoms with Gasteiger partial charge in [-0.1, -0.05) is 0 Å². The minimum Gasteiger partial charge on any atom is -0.331 e. The number of carbonyl (C=O) groups is 1. The number of aromatic nitrogens is 2. The molecule has 0 spiro atoms. The number of nitrogens with zero attached hydrogens (tertiary/aromatic N) is 2. The second kappa shape index (κ2) is 4.57. The summed E-state index contributed by atoms with van der Waals surface area (Å²) in [5.74, 6) is 0.0925. The molecule has 0 aromatic carbocycles. The van der Waals surface area contributed by atoms with Gasteiger partial charge < -0.3 is 4.90 Å². The molecule has 1 aliphatic rings. The van der Waals surface area contributed by atoms with Gasteiger partial charge in [-0.05, 0) is 42.2 Å². The molecule has 2 aromatic rings. The Hall–Kier alpha value is -1.62. The predicted octanol–water partition coefficient (Wildman–Crippen LogP) is 2.58. The van der Waals surface area contributed by atoms with Crippen LogP contribution in [0.1, 0.15) is 34.5 Å². The molecule has 1 fully saturated rings. The number of hydrogen-bond donors (Lipinski definition) is 1. The molecule has 2 aromatic heterocycles. The molecule has 1 N–H and O–H groups in total. The van der Waals surface area contributed by atoms with Crippen LogP contribution in [0.15, 0.2) is 23.0 Å². The number of rotatable bonds is 4. The van der Waals surface area contributed by atoms with Crippen LogP contribution in [-0.4, -0.2) is 27.0 Å². The van der Waals surface area contributed by atoms with Crippen LogP contribution in [0, 0.1) is 6.92 Å². The van der Waals surface area contributed by atoms with Crippen molar-refractivity contribution < 1.29 is 4.79 Å². The molecule has 4 nitrogen and oxygen atoms in total. The van der Waals surface area contributed by atoms with E-state index in [9.17, 15) is 4.79 Å². The van der Waals surface area contributed by atoms with Gasteiger partial charge in [0.15, 0.2) is 0 Å². The minimum absolute atomic E-state index is 0.0925. The first kappa shape index (κ1) is 11.5. The van der Waals surface area contributed by atoms with E-state index >= 15 is 0 Å². The Kier molecular flexibility index (Phi) is 2.91. The Bertz CT molecular complexity index is 542. The molecule has 94 valence electrons. The van der Waals surface area contributed by atoms with Gasteiger partial charge in [-0.15, -0.1) is 0 Å². The molecule has 0 bridgehead atoms. The monoisotopic (exact) mass is 261 g/mol. The van der Waals surface area contributed by atoms with Gasteiger partial charge in [0.1, 0.15) is 0 Å². The molecule has 0 saturated heterocycles. The highest BCUT2D eigenvalue weighted by Crippen LogP contribution is 2.30. The third-order valence-corrected chi connectivity index (χ3v) is 3.97. The first-order valence-electron chi connectivity index (χ1n) is 6.07. The summed E-state index contributed by atoms with van der Waals surface area (Å²) >= 11 is 1.67. The topological polar surface area (TPSA) is 49.0 Å². The normalized spacial score (nSPS) is 14.7. The van der Waals surface area contributed by atoms with E-state index in [1.54, 1.807) is 17.5 Å². The predicted molar refractivity (Wildman–Crippen MR) is 70.5 cm³/mol. The third kappa shape index (κ3) is 2.18. The van der Waals surface area contributed by atoms with Gasteiger partial charge in [0.25, 0.3) is 5.91 Å². The Balaban J connectivity index is 1.82. The number of thiophene rings is 1. The molecule has 0 atom stereocenters. The van der Waals surface area contributed by atoms with Crippen molar-refractivity contribution >= 4 is 17.2 Å². The van der Waals surface area contributed by atoms with Gasteiger partial charge >= 0.3 is 0 Å². The molecule has 0 unspecified atom stereocenters. The second-order valence-electron chi connectivity index (χ2n) is 4.70. The average molecular weight is 261 g/mol. The van der Waals surface area contributed by atoms with E-state index in [2.05, 4.69) is 21.6 Å². The van der Waals surface area contributed by atoms with Gasteiger partial charge in [0.05, 0.1) is 11.8 Å². The number of H-pyrrole nitrogens is 1. The summed E-state index contributed by atoms with van der Waals surface area (Å²) in [6, 6.07) is 2.49. The maximum absolute atomic E-state index is 12.5. The lowest BCUT2D eigenvalue weighted by Gasteiger charge is -2.21. The molecule has 1 aliphatic carbocycles. The third-order valence-electron chi connectivity index (χ3n) is 3.24. The van der Waals surface area contributed by atoms with Crippen LogP contribution in [0.2, 0.25) is 0 Å². The first-order valence-corrected chi connectivity index (χ1v) is 7.02. The van der Waals surface area contributed by atoms with Crippen molar-refractivity contribution in [2.45, 2.75) is 32.4 Å². The zero-order valence-corrected chi connectivity index (χ0v) is 11.0. The summed E-state index contributed by atoms with van der Waals surface area (Å²) in [7, 11) is 0. The van der Waals surface area contributed by atoms with E-state index in [0.29, 0.717) is 18.2 Å². The van der Waals surface area contributed by atoms with Crippen LogP contribution in [-0.2, 0) is 6.54 Å². The van der Waals surface area contributed by atoms with Crippen LogP contribution >= 0.6 is 11.3 Å². The molecule has 1 amide bonds. The van der Waals surface area contributed by atoms with Gasteiger partial charge in [0.2, 0.25) is 0 Å². The lowest BCUT2D eigenvalue weighted by molar-refractivity contribution is 0.0729. The van der Waals surface area contributed by atoms with E-state index in [-0.39, 0.29) is 5.91 Å². The molecule has 0 aliphatic heterocycles.